The highest BCUT2D eigenvalue weighted by Crippen LogP contribution is 2.33. The number of benzene rings is 2. The number of amides is 1. The van der Waals surface area contributed by atoms with Gasteiger partial charge in [-0.05, 0) is 30.5 Å². The van der Waals surface area contributed by atoms with E-state index in [4.69, 9.17) is 0 Å². The third kappa shape index (κ3) is 4.58. The second kappa shape index (κ2) is 9.05. The Hall–Kier alpha value is -3.88. The maximum absolute atomic E-state index is 13.4. The van der Waals surface area contributed by atoms with Crippen LogP contribution in [-0.4, -0.2) is 38.4 Å². The molecule has 0 aliphatic carbocycles. The molecule has 0 saturated carbocycles. The van der Waals surface area contributed by atoms with Gasteiger partial charge in [-0.1, -0.05) is 36.4 Å². The quantitative estimate of drug-likeness (QED) is 0.456. The molecular formula is C26H23F3N4O2. The van der Waals surface area contributed by atoms with Crippen LogP contribution in [-0.2, 0) is 12.7 Å². The number of imidazole rings is 1. The van der Waals surface area contributed by atoms with E-state index in [1.165, 1.54) is 18.2 Å². The predicted octanol–water partition coefficient (Wildman–Crippen LogP) is 4.81. The fourth-order valence-corrected chi connectivity index (χ4v) is 4.83. The first-order chi connectivity index (χ1) is 16.8. The molecule has 0 atom stereocenters. The van der Waals surface area contributed by atoms with Gasteiger partial charge in [-0.25, -0.2) is 4.98 Å². The van der Waals surface area contributed by atoms with E-state index in [0.29, 0.717) is 42.4 Å². The van der Waals surface area contributed by atoms with Gasteiger partial charge in [0.25, 0.3) is 5.91 Å². The fraction of sp³-hybridized carbons (Fsp3) is 0.269. The zero-order valence-corrected chi connectivity index (χ0v) is 18.8. The lowest BCUT2D eigenvalue weighted by atomic mass is 9.95. The minimum atomic E-state index is -4.42. The van der Waals surface area contributed by atoms with E-state index in [1.807, 2.05) is 6.07 Å². The van der Waals surface area contributed by atoms with Crippen LogP contribution in [0, 0.1) is 0 Å². The number of pyridine rings is 1. The number of H-pyrrole nitrogens is 1. The number of nitrogens with one attached hydrogen (secondary N) is 1. The Bertz CT molecular complexity index is 1430. The molecule has 4 aromatic rings. The lowest BCUT2D eigenvalue weighted by Gasteiger charge is -2.32. The third-order valence-corrected chi connectivity index (χ3v) is 6.54. The van der Waals surface area contributed by atoms with Crippen molar-refractivity contribution in [2.24, 2.45) is 0 Å². The average Bonchev–Trinajstić information content (AvgIpc) is 3.31. The number of para-hydroxylation sites is 1. The van der Waals surface area contributed by atoms with Crippen LogP contribution in [0.25, 0.3) is 10.9 Å². The number of hydrogen-bond donors (Lipinski definition) is 1. The molecule has 3 heterocycles. The normalized spacial score (nSPS) is 15.0. The number of rotatable bonds is 4. The summed E-state index contributed by atoms with van der Waals surface area (Å²) in [5.41, 5.74) is 0.189. The van der Waals surface area contributed by atoms with Crippen LogP contribution in [0.5, 0.6) is 0 Å². The highest BCUT2D eigenvalue weighted by atomic mass is 19.4. The lowest BCUT2D eigenvalue weighted by Crippen LogP contribution is -2.39. The number of carbonyl (C=O) groups is 1. The topological polar surface area (TPSA) is 71.0 Å². The van der Waals surface area contributed by atoms with Crippen molar-refractivity contribution in [1.29, 1.82) is 0 Å². The molecule has 1 aliphatic heterocycles. The smallest absolute Gasteiger partial charge is 0.339 e. The molecule has 1 N–H and O–H groups in total. The van der Waals surface area contributed by atoms with Gasteiger partial charge in [0.2, 0.25) is 5.56 Å². The first-order valence-electron chi connectivity index (χ1n) is 11.4. The van der Waals surface area contributed by atoms with Crippen LogP contribution in [0.4, 0.5) is 13.2 Å². The van der Waals surface area contributed by atoms with E-state index in [0.717, 1.165) is 11.9 Å². The fourth-order valence-electron chi connectivity index (χ4n) is 4.83. The zero-order valence-electron chi connectivity index (χ0n) is 18.8. The molecule has 0 spiro atoms. The highest BCUT2D eigenvalue weighted by Gasteiger charge is 2.33. The minimum absolute atomic E-state index is 0.0167. The molecule has 0 unspecified atom stereocenters. The van der Waals surface area contributed by atoms with E-state index in [1.54, 1.807) is 46.1 Å². The van der Waals surface area contributed by atoms with Crippen LogP contribution in [0.15, 0.2) is 71.8 Å². The van der Waals surface area contributed by atoms with Gasteiger partial charge in [0, 0.05) is 54.9 Å². The molecule has 35 heavy (non-hydrogen) atoms. The number of carbonyl (C=O) groups excluding carboxylic acids is 1. The standard InChI is InChI=1S/C26H23F3N4O2/c27-26(28,29)21-7-3-1-5-18(21)16-33-14-11-30-24(33)17-9-12-32(13-10-17)25(35)20-15-23(34)31-22-8-4-2-6-19(20)22/h1-8,11,14-15,17H,9-10,12-13,16H2,(H,31,34). The first-order valence-corrected chi connectivity index (χ1v) is 11.4. The monoisotopic (exact) mass is 480 g/mol. The average molecular weight is 480 g/mol. The Morgan fingerprint density at radius 1 is 1.06 bits per heavy atom. The minimum Gasteiger partial charge on any atom is -0.339 e. The van der Waals surface area contributed by atoms with Crippen molar-refractivity contribution in [2.75, 3.05) is 13.1 Å². The van der Waals surface area contributed by atoms with Crippen molar-refractivity contribution in [3.63, 3.8) is 0 Å². The van der Waals surface area contributed by atoms with E-state index in [2.05, 4.69) is 9.97 Å². The van der Waals surface area contributed by atoms with Gasteiger partial charge < -0.3 is 14.5 Å². The first kappa shape index (κ1) is 22.9. The van der Waals surface area contributed by atoms with Crippen LogP contribution in [0.1, 0.15) is 46.1 Å². The van der Waals surface area contributed by atoms with E-state index < -0.39 is 11.7 Å². The van der Waals surface area contributed by atoms with Crippen molar-refractivity contribution < 1.29 is 18.0 Å². The second-order valence-corrected chi connectivity index (χ2v) is 8.73. The van der Waals surface area contributed by atoms with Crippen LogP contribution in [0.2, 0.25) is 0 Å². The van der Waals surface area contributed by atoms with Crippen LogP contribution in [0.3, 0.4) is 0 Å². The molecule has 180 valence electrons. The molecule has 0 bridgehead atoms. The van der Waals surface area contributed by atoms with Crippen molar-refractivity contribution in [3.05, 3.63) is 99.9 Å². The number of aromatic nitrogens is 3. The van der Waals surface area contributed by atoms with Gasteiger partial charge >= 0.3 is 6.18 Å². The molecular weight excluding hydrogens is 457 g/mol. The Balaban J connectivity index is 1.32. The van der Waals surface area contributed by atoms with Gasteiger partial charge in [-0.15, -0.1) is 0 Å². The maximum atomic E-state index is 13.4. The van der Waals surface area contributed by atoms with Crippen molar-refractivity contribution in [3.8, 4) is 0 Å². The van der Waals surface area contributed by atoms with Crippen LogP contribution < -0.4 is 5.56 Å². The number of halogens is 3. The third-order valence-electron chi connectivity index (χ3n) is 6.54. The number of nitrogens with zero attached hydrogens (tertiary/aromatic N) is 3. The summed E-state index contributed by atoms with van der Waals surface area (Å²) in [5.74, 6) is 0.534. The van der Waals surface area contributed by atoms with Crippen molar-refractivity contribution in [1.82, 2.24) is 19.4 Å². The van der Waals surface area contributed by atoms with Gasteiger partial charge in [0.1, 0.15) is 5.82 Å². The van der Waals surface area contributed by atoms with Crippen LogP contribution >= 0.6 is 0 Å². The number of fused-ring (bicyclic) bond motifs is 1. The number of likely N-dealkylation sites (tertiary alicyclic amines) is 1. The second-order valence-electron chi connectivity index (χ2n) is 8.73. The number of aromatic amines is 1. The number of piperidine rings is 1. The predicted molar refractivity (Wildman–Crippen MR) is 125 cm³/mol. The van der Waals surface area contributed by atoms with Gasteiger partial charge in [-0.2, -0.15) is 13.2 Å². The highest BCUT2D eigenvalue weighted by molar-refractivity contribution is 6.05. The van der Waals surface area contributed by atoms with Gasteiger partial charge in [0.05, 0.1) is 11.1 Å². The summed E-state index contributed by atoms with van der Waals surface area (Å²) < 4.78 is 42.0. The zero-order chi connectivity index (χ0) is 24.6. The maximum Gasteiger partial charge on any atom is 0.416 e. The number of hydrogen-bond acceptors (Lipinski definition) is 3. The summed E-state index contributed by atoms with van der Waals surface area (Å²) in [6.07, 6.45) is 0.135. The van der Waals surface area contributed by atoms with E-state index in [-0.39, 0.29) is 29.5 Å². The molecule has 1 fully saturated rings. The Morgan fingerprint density at radius 3 is 2.54 bits per heavy atom. The van der Waals surface area contributed by atoms with Crippen molar-refractivity contribution in [2.45, 2.75) is 31.5 Å². The van der Waals surface area contributed by atoms with Gasteiger partial charge in [-0.3, -0.25) is 9.59 Å². The van der Waals surface area contributed by atoms with Crippen molar-refractivity contribution >= 4 is 16.8 Å². The summed E-state index contributed by atoms with van der Waals surface area (Å²) in [6, 6.07) is 14.1. The molecule has 6 nitrogen and oxygen atoms in total. The van der Waals surface area contributed by atoms with E-state index in [9.17, 15) is 22.8 Å². The molecule has 2 aromatic carbocycles. The summed E-state index contributed by atoms with van der Waals surface area (Å²) in [4.78, 5) is 34.2. The summed E-state index contributed by atoms with van der Waals surface area (Å²) in [5, 5.41) is 0.693. The number of alkyl halides is 3. The van der Waals surface area contributed by atoms with E-state index >= 15 is 0 Å². The Morgan fingerprint density at radius 2 is 1.77 bits per heavy atom. The SMILES string of the molecule is O=C(c1cc(=O)[nH]c2ccccc12)N1CCC(c2nccn2Cc2ccccc2C(F)(F)F)CC1. The molecule has 9 heteroatoms. The molecule has 1 amide bonds. The van der Waals surface area contributed by atoms with Gasteiger partial charge in [0.15, 0.2) is 0 Å². The molecule has 2 aromatic heterocycles. The Kier molecular flexibility index (Phi) is 5.92. The summed E-state index contributed by atoms with van der Waals surface area (Å²) >= 11 is 0. The molecule has 1 aliphatic rings. The Labute approximate surface area is 199 Å². The largest absolute Gasteiger partial charge is 0.416 e. The molecule has 1 saturated heterocycles. The molecule has 0 radical (unpaired) electrons. The molecule has 5 rings (SSSR count). The lowest BCUT2D eigenvalue weighted by molar-refractivity contribution is -0.138. The summed E-state index contributed by atoms with van der Waals surface area (Å²) in [6.45, 7) is 1.01. The summed E-state index contributed by atoms with van der Waals surface area (Å²) in [7, 11) is 0.